The minimum atomic E-state index is 0.604. The summed E-state index contributed by atoms with van der Waals surface area (Å²) in [5.74, 6) is 0. The van der Waals surface area contributed by atoms with Gasteiger partial charge in [0.1, 0.15) is 0 Å². The molecule has 0 fully saturated rings. The smallest absolute Gasteiger partial charge is 0.0715 e. The number of nitrogens with zero attached hydrogens (tertiary/aromatic N) is 1. The van der Waals surface area contributed by atoms with Crippen molar-refractivity contribution in [3.63, 3.8) is 0 Å². The van der Waals surface area contributed by atoms with E-state index in [0.29, 0.717) is 10.7 Å². The quantitative estimate of drug-likeness (QED) is 0.359. The monoisotopic (exact) mass is 185 g/mol. The third-order valence-electron chi connectivity index (χ3n) is 1.19. The highest BCUT2D eigenvalue weighted by atomic mass is 35.5. The molecule has 0 N–H and O–H groups in total. The zero-order valence-corrected chi connectivity index (χ0v) is 7.66. The van der Waals surface area contributed by atoms with Gasteiger partial charge in [0.05, 0.1) is 6.61 Å². The molecule has 10 heavy (non-hydrogen) atoms. The van der Waals surface area contributed by atoms with Gasteiger partial charge in [-0.3, -0.25) is 4.84 Å². The van der Waals surface area contributed by atoms with Gasteiger partial charge in [-0.15, -0.1) is 0 Å². The first-order valence-corrected chi connectivity index (χ1v) is 4.19. The highest BCUT2D eigenvalue weighted by Gasteiger charge is 1.93. The predicted octanol–water partition coefficient (Wildman–Crippen LogP) is 3.11. The molecular weight excluding hydrogens is 173 g/mol. The summed E-state index contributed by atoms with van der Waals surface area (Å²) >= 11 is 10.3. The van der Waals surface area contributed by atoms with Crippen LogP contribution in [0.25, 0.3) is 0 Å². The summed E-state index contributed by atoms with van der Waals surface area (Å²) in [6.45, 7) is 2.77. The topological polar surface area (TPSA) is 12.5 Å². The van der Waals surface area contributed by atoms with Gasteiger partial charge in [-0.1, -0.05) is 26.2 Å². The maximum Gasteiger partial charge on any atom is 0.0715 e. The predicted molar refractivity (Wildman–Crippen MR) is 43.6 cm³/mol. The average molecular weight is 186 g/mol. The van der Waals surface area contributed by atoms with Crippen molar-refractivity contribution >= 4 is 23.6 Å². The molecule has 0 amide bonds. The number of unbranched alkanes of at least 4 members (excludes halogenated alkanes) is 3. The van der Waals surface area contributed by atoms with Crippen LogP contribution in [-0.2, 0) is 4.84 Å². The lowest BCUT2D eigenvalue weighted by atomic mass is 10.2. The van der Waals surface area contributed by atoms with E-state index in [-0.39, 0.29) is 0 Å². The van der Waals surface area contributed by atoms with Gasteiger partial charge in [0.15, 0.2) is 0 Å². The Hall–Kier alpha value is 0.500. The Balaban J connectivity index is 2.77. The van der Waals surface area contributed by atoms with Gasteiger partial charge in [0, 0.05) is 23.6 Å². The Bertz CT molecular complexity index is 70.8. The van der Waals surface area contributed by atoms with Gasteiger partial charge in [-0.25, -0.2) is 0 Å². The first-order valence-electron chi connectivity index (χ1n) is 3.52. The van der Waals surface area contributed by atoms with E-state index >= 15 is 0 Å². The van der Waals surface area contributed by atoms with Crippen LogP contribution in [0.15, 0.2) is 0 Å². The second-order valence-electron chi connectivity index (χ2n) is 2.10. The van der Waals surface area contributed by atoms with Crippen LogP contribution < -0.4 is 0 Å². The zero-order chi connectivity index (χ0) is 7.82. The fraction of sp³-hybridized carbons (Fsp3) is 1.00. The fourth-order valence-electron chi connectivity index (χ4n) is 0.662. The normalized spacial score (nSPS) is 10.8. The Morgan fingerprint density at radius 3 is 2.40 bits per heavy atom. The van der Waals surface area contributed by atoms with E-state index in [9.17, 15) is 0 Å². The first-order chi connectivity index (χ1) is 4.77. The molecule has 0 aliphatic rings. The fourth-order valence-corrected chi connectivity index (χ4v) is 0.800. The maximum atomic E-state index is 5.17. The molecule has 0 aliphatic heterocycles. The lowest BCUT2D eigenvalue weighted by molar-refractivity contribution is -0.0147. The Labute approximate surface area is 72.2 Å². The molecule has 0 bridgehead atoms. The van der Waals surface area contributed by atoms with Crippen LogP contribution in [-0.4, -0.2) is 10.7 Å². The molecule has 62 valence electrons. The van der Waals surface area contributed by atoms with Crippen molar-refractivity contribution in [3.8, 4) is 0 Å². The molecule has 0 saturated heterocycles. The molecule has 0 aromatic heterocycles. The summed E-state index contributed by atoms with van der Waals surface area (Å²) < 4.78 is 0.700. The standard InChI is InChI=1S/C6H13Cl2NO/c1-2-3-4-5-6-10-9(7)8/h2-6H2,1H3. The Morgan fingerprint density at radius 1 is 1.20 bits per heavy atom. The van der Waals surface area contributed by atoms with E-state index in [1.807, 2.05) is 0 Å². The minimum absolute atomic E-state index is 0.604. The zero-order valence-electron chi connectivity index (χ0n) is 6.15. The van der Waals surface area contributed by atoms with Crippen LogP contribution in [0, 0.1) is 0 Å². The van der Waals surface area contributed by atoms with E-state index in [2.05, 4.69) is 6.92 Å². The van der Waals surface area contributed by atoms with Crippen molar-refractivity contribution in [1.82, 2.24) is 4.10 Å². The van der Waals surface area contributed by atoms with Crippen molar-refractivity contribution in [3.05, 3.63) is 0 Å². The van der Waals surface area contributed by atoms with E-state index in [0.717, 1.165) is 6.42 Å². The van der Waals surface area contributed by atoms with E-state index < -0.39 is 0 Å². The lowest BCUT2D eigenvalue weighted by Gasteiger charge is -2.03. The molecule has 0 aromatic carbocycles. The highest BCUT2D eigenvalue weighted by Crippen LogP contribution is 2.03. The van der Waals surface area contributed by atoms with Crippen molar-refractivity contribution in [2.24, 2.45) is 0 Å². The van der Waals surface area contributed by atoms with Crippen molar-refractivity contribution in [2.75, 3.05) is 6.61 Å². The van der Waals surface area contributed by atoms with Gasteiger partial charge in [-0.2, -0.15) is 0 Å². The lowest BCUT2D eigenvalue weighted by Crippen LogP contribution is -2.01. The molecule has 0 aliphatic carbocycles. The molecule has 0 heterocycles. The second kappa shape index (κ2) is 7.61. The molecule has 0 spiro atoms. The molecule has 2 nitrogen and oxygen atoms in total. The second-order valence-corrected chi connectivity index (χ2v) is 2.88. The molecule has 0 radical (unpaired) electrons. The van der Waals surface area contributed by atoms with Crippen molar-refractivity contribution in [2.45, 2.75) is 32.6 Å². The van der Waals surface area contributed by atoms with E-state index in [4.69, 9.17) is 28.4 Å². The number of rotatable bonds is 6. The summed E-state index contributed by atoms with van der Waals surface area (Å²) in [6.07, 6.45) is 4.67. The van der Waals surface area contributed by atoms with Gasteiger partial charge >= 0.3 is 0 Å². The van der Waals surface area contributed by atoms with Crippen LogP contribution in [0.3, 0.4) is 0 Å². The summed E-state index contributed by atoms with van der Waals surface area (Å²) in [6, 6.07) is 0. The van der Waals surface area contributed by atoms with Crippen LogP contribution in [0.1, 0.15) is 32.6 Å². The Morgan fingerprint density at radius 2 is 1.90 bits per heavy atom. The van der Waals surface area contributed by atoms with Crippen LogP contribution >= 0.6 is 23.6 Å². The molecular formula is C6H13Cl2NO. The summed E-state index contributed by atoms with van der Waals surface area (Å²) in [5.41, 5.74) is 0. The van der Waals surface area contributed by atoms with Crippen molar-refractivity contribution < 1.29 is 4.84 Å². The Kier molecular flexibility index (Phi) is 7.99. The van der Waals surface area contributed by atoms with Crippen LogP contribution in [0.5, 0.6) is 0 Å². The average Bonchev–Trinajstić information content (AvgIpc) is 1.87. The molecule has 0 saturated carbocycles. The highest BCUT2D eigenvalue weighted by molar-refractivity contribution is 6.32. The minimum Gasteiger partial charge on any atom is -0.269 e. The number of hydrogen-bond donors (Lipinski definition) is 0. The maximum absolute atomic E-state index is 5.17. The van der Waals surface area contributed by atoms with E-state index in [1.54, 1.807) is 0 Å². The van der Waals surface area contributed by atoms with Gasteiger partial charge < -0.3 is 0 Å². The molecule has 0 rings (SSSR count). The third kappa shape index (κ3) is 8.50. The van der Waals surface area contributed by atoms with Crippen LogP contribution in [0.4, 0.5) is 0 Å². The number of halogens is 2. The van der Waals surface area contributed by atoms with Gasteiger partial charge in [0.2, 0.25) is 0 Å². The van der Waals surface area contributed by atoms with Crippen LogP contribution in [0.2, 0.25) is 0 Å². The summed E-state index contributed by atoms with van der Waals surface area (Å²) in [7, 11) is 0. The molecule has 0 atom stereocenters. The SMILES string of the molecule is CCCCCCON(Cl)Cl. The van der Waals surface area contributed by atoms with Crippen molar-refractivity contribution in [1.29, 1.82) is 0 Å². The third-order valence-corrected chi connectivity index (χ3v) is 1.38. The first kappa shape index (κ1) is 10.5. The van der Waals surface area contributed by atoms with Gasteiger partial charge in [-0.05, 0) is 10.5 Å². The molecule has 4 heteroatoms. The summed E-state index contributed by atoms with van der Waals surface area (Å²) in [4.78, 5) is 4.75. The van der Waals surface area contributed by atoms with Gasteiger partial charge in [0.25, 0.3) is 0 Å². The molecule has 0 unspecified atom stereocenters. The largest absolute Gasteiger partial charge is 0.269 e. The summed E-state index contributed by atoms with van der Waals surface area (Å²) in [5, 5.41) is 0. The number of hydrogen-bond acceptors (Lipinski definition) is 2. The molecule has 0 aromatic rings. The van der Waals surface area contributed by atoms with E-state index in [1.165, 1.54) is 19.3 Å².